The average Bonchev–Trinajstić information content (AvgIpc) is 3.52. The van der Waals surface area contributed by atoms with Gasteiger partial charge < -0.3 is 19.3 Å². The van der Waals surface area contributed by atoms with Gasteiger partial charge >= 0.3 is 0 Å². The van der Waals surface area contributed by atoms with Crippen molar-refractivity contribution in [1.82, 2.24) is 14.5 Å². The zero-order chi connectivity index (χ0) is 24.4. The Morgan fingerprint density at radius 1 is 1.03 bits per heavy atom. The molecule has 178 valence electrons. The number of imidazole rings is 1. The van der Waals surface area contributed by atoms with E-state index in [-0.39, 0.29) is 17.9 Å². The molecule has 0 unspecified atom stereocenters. The first kappa shape index (κ1) is 22.6. The summed E-state index contributed by atoms with van der Waals surface area (Å²) >= 11 is 0. The van der Waals surface area contributed by atoms with Crippen LogP contribution in [0.3, 0.4) is 0 Å². The Morgan fingerprint density at radius 2 is 1.83 bits per heavy atom. The third-order valence-corrected chi connectivity index (χ3v) is 6.01. The van der Waals surface area contributed by atoms with Crippen molar-refractivity contribution in [1.29, 1.82) is 0 Å². The summed E-state index contributed by atoms with van der Waals surface area (Å²) in [6.45, 7) is 1.44. The lowest BCUT2D eigenvalue weighted by Gasteiger charge is -2.20. The number of rotatable bonds is 7. The van der Waals surface area contributed by atoms with Gasteiger partial charge in [-0.25, -0.2) is 13.8 Å². The molecule has 3 aromatic carbocycles. The predicted molar refractivity (Wildman–Crippen MR) is 125 cm³/mol. The molecule has 1 aromatic heterocycles. The molecule has 0 atom stereocenters. The van der Waals surface area contributed by atoms with Crippen LogP contribution in [-0.2, 0) is 26.2 Å². The van der Waals surface area contributed by atoms with Crippen LogP contribution in [0.15, 0.2) is 79.4 Å². The van der Waals surface area contributed by atoms with Crippen LogP contribution in [0.5, 0.6) is 11.5 Å². The van der Waals surface area contributed by atoms with E-state index in [0.717, 1.165) is 34.4 Å². The minimum Gasteiger partial charge on any atom is -0.507 e. The number of amides is 1. The van der Waals surface area contributed by atoms with Crippen molar-refractivity contribution in [2.75, 3.05) is 0 Å². The van der Waals surface area contributed by atoms with Crippen LogP contribution in [-0.4, -0.2) is 25.5 Å². The second-order valence-corrected chi connectivity index (χ2v) is 8.49. The minimum atomic E-state index is -2.81. The molecule has 5 rings (SSSR count). The molecule has 1 aliphatic heterocycles. The smallest absolute Gasteiger partial charge is 0.264 e. The molecule has 0 saturated carbocycles. The number of hydrogen-bond donors (Lipinski definition) is 1. The van der Waals surface area contributed by atoms with Gasteiger partial charge in [0.15, 0.2) is 0 Å². The molecular formula is C27H23F2N3O3. The van der Waals surface area contributed by atoms with Crippen LogP contribution >= 0.6 is 0 Å². The highest BCUT2D eigenvalue weighted by Gasteiger charge is 2.30. The van der Waals surface area contributed by atoms with E-state index >= 15 is 0 Å². The molecule has 4 aromatic rings. The van der Waals surface area contributed by atoms with E-state index in [1.54, 1.807) is 17.4 Å². The number of phenols is 1. The highest BCUT2D eigenvalue weighted by molar-refractivity contribution is 6.00. The van der Waals surface area contributed by atoms with Crippen LogP contribution in [0.2, 0.25) is 0 Å². The molecule has 0 radical (unpaired) electrons. The summed E-state index contributed by atoms with van der Waals surface area (Å²) in [6, 6.07) is 17.3. The number of fused-ring (bicyclic) bond motifs is 1. The summed E-state index contributed by atoms with van der Waals surface area (Å²) in [5, 5.41) is 10.6. The van der Waals surface area contributed by atoms with Crippen molar-refractivity contribution >= 4 is 5.91 Å². The first-order chi connectivity index (χ1) is 17.0. The number of halogens is 2. The Bertz CT molecular complexity index is 1340. The summed E-state index contributed by atoms with van der Waals surface area (Å²) < 4.78 is 34.6. The van der Waals surface area contributed by atoms with Crippen molar-refractivity contribution in [3.63, 3.8) is 0 Å². The molecule has 1 N–H and O–H groups in total. The number of phenolic OH excluding ortho intramolecular Hbond substituents is 1. The molecule has 35 heavy (non-hydrogen) atoms. The van der Waals surface area contributed by atoms with Crippen molar-refractivity contribution < 1.29 is 23.4 Å². The average molecular weight is 475 g/mol. The van der Waals surface area contributed by atoms with Crippen LogP contribution in [0, 0.1) is 0 Å². The fraction of sp³-hybridized carbons (Fsp3) is 0.185. The Kier molecular flexibility index (Phi) is 6.18. The first-order valence-electron chi connectivity index (χ1n) is 11.2. The number of hydrogen-bond acceptors (Lipinski definition) is 4. The maximum Gasteiger partial charge on any atom is 0.264 e. The summed E-state index contributed by atoms with van der Waals surface area (Å²) in [5.74, 6) is -1.06. The van der Waals surface area contributed by atoms with Crippen LogP contribution in [0.4, 0.5) is 8.78 Å². The standard InChI is InChI=1S/C27H23F2N3O3/c28-26(29)21-11-23(33)25(24(12-21)35-16-18-4-2-1-3-5-18)27(34)32-14-20-7-6-19(10-22(20)15-32)13-31-9-8-30-17-31/h1-12,17,26,33H,13-16H2. The van der Waals surface area contributed by atoms with Gasteiger partial charge in [0.05, 0.1) is 6.33 Å². The van der Waals surface area contributed by atoms with E-state index in [0.29, 0.717) is 19.6 Å². The lowest BCUT2D eigenvalue weighted by molar-refractivity contribution is 0.0742. The maximum absolute atomic E-state index is 13.5. The summed E-state index contributed by atoms with van der Waals surface area (Å²) in [6.07, 6.45) is 2.53. The second-order valence-electron chi connectivity index (χ2n) is 8.49. The number of aromatic nitrogens is 2. The fourth-order valence-corrected chi connectivity index (χ4v) is 4.25. The number of carbonyl (C=O) groups excluding carboxylic acids is 1. The SMILES string of the molecule is O=C(c1c(O)cc(C(F)F)cc1OCc1ccccc1)N1Cc2ccc(Cn3ccnc3)cc2C1. The molecule has 6 nitrogen and oxygen atoms in total. The van der Waals surface area contributed by atoms with E-state index < -0.39 is 23.6 Å². The lowest BCUT2D eigenvalue weighted by Crippen LogP contribution is -2.26. The topological polar surface area (TPSA) is 67.6 Å². The summed E-state index contributed by atoms with van der Waals surface area (Å²) in [4.78, 5) is 19.1. The van der Waals surface area contributed by atoms with Gasteiger partial charge in [-0.1, -0.05) is 48.5 Å². The third kappa shape index (κ3) is 4.87. The molecule has 0 aliphatic carbocycles. The summed E-state index contributed by atoms with van der Waals surface area (Å²) in [5.41, 5.74) is 3.38. The molecule has 0 fully saturated rings. The number of alkyl halides is 2. The largest absolute Gasteiger partial charge is 0.507 e. The third-order valence-electron chi connectivity index (χ3n) is 6.01. The lowest BCUT2D eigenvalue weighted by atomic mass is 10.1. The number of aromatic hydroxyl groups is 1. The zero-order valence-corrected chi connectivity index (χ0v) is 18.8. The molecule has 1 amide bonds. The van der Waals surface area contributed by atoms with Crippen molar-refractivity contribution in [3.05, 3.63) is 113 Å². The van der Waals surface area contributed by atoms with Crippen LogP contribution in [0.25, 0.3) is 0 Å². The van der Waals surface area contributed by atoms with Gasteiger partial charge in [0.2, 0.25) is 0 Å². The van der Waals surface area contributed by atoms with Gasteiger partial charge in [0.1, 0.15) is 23.7 Å². The van der Waals surface area contributed by atoms with E-state index in [1.807, 2.05) is 53.2 Å². The monoisotopic (exact) mass is 475 g/mol. The molecule has 2 heterocycles. The van der Waals surface area contributed by atoms with Gasteiger partial charge in [0.25, 0.3) is 12.3 Å². The Hall–Kier alpha value is -4.20. The minimum absolute atomic E-state index is 0.0640. The van der Waals surface area contributed by atoms with Gasteiger partial charge in [0, 0.05) is 37.6 Å². The number of nitrogens with zero attached hydrogens (tertiary/aromatic N) is 3. The van der Waals surface area contributed by atoms with Crippen molar-refractivity contribution in [2.24, 2.45) is 0 Å². The molecular weight excluding hydrogens is 452 g/mol. The molecule has 0 spiro atoms. The molecule has 8 heteroatoms. The molecule has 0 saturated heterocycles. The normalized spacial score (nSPS) is 12.7. The van der Waals surface area contributed by atoms with Crippen LogP contribution < -0.4 is 4.74 Å². The molecule has 0 bridgehead atoms. The van der Waals surface area contributed by atoms with Crippen molar-refractivity contribution in [3.8, 4) is 11.5 Å². The Balaban J connectivity index is 1.39. The number of benzene rings is 3. The van der Waals surface area contributed by atoms with E-state index in [4.69, 9.17) is 4.74 Å². The first-order valence-corrected chi connectivity index (χ1v) is 11.2. The predicted octanol–water partition coefficient (Wildman–Crippen LogP) is 5.31. The van der Waals surface area contributed by atoms with Gasteiger partial charge in [-0.05, 0) is 34.4 Å². The van der Waals surface area contributed by atoms with Crippen molar-refractivity contribution in [2.45, 2.75) is 32.7 Å². The van der Waals surface area contributed by atoms with Gasteiger partial charge in [-0.15, -0.1) is 0 Å². The van der Waals surface area contributed by atoms with E-state index in [2.05, 4.69) is 11.1 Å². The highest BCUT2D eigenvalue weighted by atomic mass is 19.3. The zero-order valence-electron chi connectivity index (χ0n) is 18.8. The maximum atomic E-state index is 13.5. The fourth-order valence-electron chi connectivity index (χ4n) is 4.25. The highest BCUT2D eigenvalue weighted by Crippen LogP contribution is 2.37. The quantitative estimate of drug-likeness (QED) is 0.393. The Morgan fingerprint density at radius 3 is 2.57 bits per heavy atom. The molecule has 1 aliphatic rings. The van der Waals surface area contributed by atoms with E-state index in [9.17, 15) is 18.7 Å². The second kappa shape index (κ2) is 9.58. The van der Waals surface area contributed by atoms with Gasteiger partial charge in [-0.3, -0.25) is 4.79 Å². The van der Waals surface area contributed by atoms with Crippen LogP contribution in [0.1, 0.15) is 44.6 Å². The Labute approximate surface area is 201 Å². The number of carbonyl (C=O) groups is 1. The van der Waals surface area contributed by atoms with Gasteiger partial charge in [-0.2, -0.15) is 0 Å². The van der Waals surface area contributed by atoms with E-state index in [1.165, 1.54) is 0 Å². The summed E-state index contributed by atoms with van der Waals surface area (Å²) in [7, 11) is 0. The number of ether oxygens (including phenoxy) is 1.